The predicted octanol–water partition coefficient (Wildman–Crippen LogP) is 0.862. The molecule has 1 heterocycles. The fourth-order valence-electron chi connectivity index (χ4n) is 0.730. The Bertz CT molecular complexity index is 349. The van der Waals surface area contributed by atoms with Gasteiger partial charge in [0.2, 0.25) is 6.20 Å². The summed E-state index contributed by atoms with van der Waals surface area (Å²) >= 11 is 0. The molecule has 3 heteroatoms. The fraction of sp³-hybridized carbons (Fsp3) is 0. The van der Waals surface area contributed by atoms with Gasteiger partial charge in [0.15, 0.2) is 18.0 Å². The second kappa shape index (κ2) is 3.90. The van der Waals surface area contributed by atoms with Crippen molar-refractivity contribution in [3.05, 3.63) is 36.2 Å². The van der Waals surface area contributed by atoms with Crippen LogP contribution in [0.5, 0.6) is 0 Å². The van der Waals surface area contributed by atoms with Gasteiger partial charge in [-0.25, -0.2) is 0 Å². The number of nitrogens with zero attached hydrogens (tertiary/aromatic N) is 3. The van der Waals surface area contributed by atoms with Gasteiger partial charge in [0.25, 0.3) is 0 Å². The van der Waals surface area contributed by atoms with E-state index in [1.807, 2.05) is 18.2 Å². The molecule has 0 fully saturated rings. The van der Waals surface area contributed by atoms with E-state index in [0.717, 1.165) is 0 Å². The largest absolute Gasteiger partial charge is 0.203 e. The molecule has 0 bridgehead atoms. The first kappa shape index (κ1) is 7.97. The maximum Gasteiger partial charge on any atom is 0.203 e. The SMILES string of the molecule is N#CC(C#N)=C[n+]1ccccc1. The molecule has 0 N–H and O–H groups in total. The highest BCUT2D eigenvalue weighted by Crippen LogP contribution is 1.87. The Labute approximate surface area is 70.4 Å². The van der Waals surface area contributed by atoms with Crippen LogP contribution in [0.25, 0.3) is 6.20 Å². The lowest BCUT2D eigenvalue weighted by atomic mass is 10.3. The zero-order valence-corrected chi connectivity index (χ0v) is 6.31. The first-order valence-corrected chi connectivity index (χ1v) is 3.34. The van der Waals surface area contributed by atoms with E-state index in [2.05, 4.69) is 0 Å². The van der Waals surface area contributed by atoms with Crippen molar-refractivity contribution in [2.24, 2.45) is 0 Å². The molecule has 1 rings (SSSR count). The van der Waals surface area contributed by atoms with E-state index in [4.69, 9.17) is 10.5 Å². The van der Waals surface area contributed by atoms with Gasteiger partial charge in [-0.3, -0.25) is 0 Å². The number of hydrogen-bond donors (Lipinski definition) is 0. The van der Waals surface area contributed by atoms with Crippen molar-refractivity contribution in [1.82, 2.24) is 0 Å². The number of aromatic nitrogens is 1. The molecule has 0 radical (unpaired) electrons. The second-order valence-electron chi connectivity index (χ2n) is 2.09. The Kier molecular flexibility index (Phi) is 2.59. The Hall–Kier alpha value is -2.13. The summed E-state index contributed by atoms with van der Waals surface area (Å²) in [7, 11) is 0. The lowest BCUT2D eigenvalue weighted by Gasteiger charge is -1.82. The topological polar surface area (TPSA) is 51.5 Å². The average molecular weight is 156 g/mol. The van der Waals surface area contributed by atoms with Crippen LogP contribution in [0.1, 0.15) is 0 Å². The van der Waals surface area contributed by atoms with Crippen LogP contribution in [-0.4, -0.2) is 0 Å². The third-order valence-electron chi connectivity index (χ3n) is 1.26. The summed E-state index contributed by atoms with van der Waals surface area (Å²) in [4.78, 5) is 0. The molecular formula is C9H6N3+. The lowest BCUT2D eigenvalue weighted by molar-refractivity contribution is -0.568. The van der Waals surface area contributed by atoms with Crippen molar-refractivity contribution in [2.45, 2.75) is 0 Å². The molecular weight excluding hydrogens is 150 g/mol. The Morgan fingerprint density at radius 1 is 1.08 bits per heavy atom. The fourth-order valence-corrected chi connectivity index (χ4v) is 0.730. The summed E-state index contributed by atoms with van der Waals surface area (Å²) in [6, 6.07) is 9.07. The molecule has 0 aliphatic carbocycles. The number of rotatable bonds is 1. The Morgan fingerprint density at radius 3 is 2.17 bits per heavy atom. The van der Waals surface area contributed by atoms with Gasteiger partial charge in [-0.15, -0.1) is 0 Å². The second-order valence-corrected chi connectivity index (χ2v) is 2.09. The summed E-state index contributed by atoms with van der Waals surface area (Å²) in [6.07, 6.45) is 4.99. The van der Waals surface area contributed by atoms with Crippen molar-refractivity contribution in [1.29, 1.82) is 10.5 Å². The molecule has 0 unspecified atom stereocenters. The molecule has 1 aromatic heterocycles. The number of hydrogen-bond acceptors (Lipinski definition) is 2. The van der Waals surface area contributed by atoms with E-state index >= 15 is 0 Å². The molecule has 0 saturated carbocycles. The highest BCUT2D eigenvalue weighted by atomic mass is 14.9. The Morgan fingerprint density at radius 2 is 1.67 bits per heavy atom. The van der Waals surface area contributed by atoms with Gasteiger partial charge in [0.1, 0.15) is 12.1 Å². The first-order chi connectivity index (χ1) is 5.86. The summed E-state index contributed by atoms with van der Waals surface area (Å²) in [6.45, 7) is 0. The van der Waals surface area contributed by atoms with Crippen LogP contribution in [0.15, 0.2) is 36.2 Å². The lowest BCUT2D eigenvalue weighted by Crippen LogP contribution is -2.24. The van der Waals surface area contributed by atoms with Crippen LogP contribution in [0.3, 0.4) is 0 Å². The third kappa shape index (κ3) is 1.93. The minimum atomic E-state index is 0.0891. The summed E-state index contributed by atoms with van der Waals surface area (Å²) in [5, 5.41) is 16.9. The zero-order chi connectivity index (χ0) is 8.81. The highest BCUT2D eigenvalue weighted by Gasteiger charge is 1.97. The molecule has 0 amide bonds. The van der Waals surface area contributed by atoms with Crippen molar-refractivity contribution in [3.63, 3.8) is 0 Å². The summed E-state index contributed by atoms with van der Waals surface area (Å²) in [5.41, 5.74) is 0.0891. The van der Waals surface area contributed by atoms with Gasteiger partial charge in [-0.1, -0.05) is 6.07 Å². The predicted molar refractivity (Wildman–Crippen MR) is 42.1 cm³/mol. The molecule has 0 aliphatic heterocycles. The molecule has 12 heavy (non-hydrogen) atoms. The normalized spacial score (nSPS) is 7.83. The van der Waals surface area contributed by atoms with Gasteiger partial charge in [0.05, 0.1) is 0 Å². The number of nitriles is 2. The maximum absolute atomic E-state index is 8.43. The Balaban J connectivity index is 2.98. The van der Waals surface area contributed by atoms with Crippen LogP contribution in [0.2, 0.25) is 0 Å². The molecule has 0 spiro atoms. The summed E-state index contributed by atoms with van der Waals surface area (Å²) in [5.74, 6) is 0. The molecule has 0 aliphatic rings. The van der Waals surface area contributed by atoms with Crippen LogP contribution in [0.4, 0.5) is 0 Å². The number of allylic oxidation sites excluding steroid dienone is 1. The van der Waals surface area contributed by atoms with Crippen molar-refractivity contribution >= 4 is 6.20 Å². The van der Waals surface area contributed by atoms with E-state index in [-0.39, 0.29) is 5.57 Å². The van der Waals surface area contributed by atoms with Gasteiger partial charge in [-0.05, 0) is 0 Å². The van der Waals surface area contributed by atoms with E-state index in [9.17, 15) is 0 Å². The average Bonchev–Trinajstić information content (AvgIpc) is 2.16. The van der Waals surface area contributed by atoms with Crippen LogP contribution < -0.4 is 4.57 Å². The molecule has 0 aromatic carbocycles. The third-order valence-corrected chi connectivity index (χ3v) is 1.26. The van der Waals surface area contributed by atoms with Crippen LogP contribution in [-0.2, 0) is 0 Å². The molecule has 56 valence electrons. The van der Waals surface area contributed by atoms with E-state index in [0.29, 0.717) is 0 Å². The molecule has 0 saturated heterocycles. The van der Waals surface area contributed by atoms with Gasteiger partial charge in [0, 0.05) is 12.1 Å². The van der Waals surface area contributed by atoms with Gasteiger partial charge >= 0.3 is 0 Å². The van der Waals surface area contributed by atoms with Crippen molar-refractivity contribution in [2.75, 3.05) is 0 Å². The van der Waals surface area contributed by atoms with E-state index < -0.39 is 0 Å². The molecule has 1 aromatic rings. The van der Waals surface area contributed by atoms with Gasteiger partial charge < -0.3 is 0 Å². The highest BCUT2D eigenvalue weighted by molar-refractivity contribution is 5.44. The van der Waals surface area contributed by atoms with Crippen LogP contribution in [0, 0.1) is 22.7 Å². The minimum Gasteiger partial charge on any atom is -0.191 e. The van der Waals surface area contributed by atoms with Crippen molar-refractivity contribution < 1.29 is 4.57 Å². The molecule has 3 nitrogen and oxygen atoms in total. The quantitative estimate of drug-likeness (QED) is 0.447. The standard InChI is InChI=1S/C9H6N3/c10-6-9(7-11)8-12-4-2-1-3-5-12/h1-5,8H/q+1. The molecule has 0 atom stereocenters. The van der Waals surface area contributed by atoms with Crippen LogP contribution >= 0.6 is 0 Å². The van der Waals surface area contributed by atoms with Crippen molar-refractivity contribution in [3.8, 4) is 12.1 Å². The minimum absolute atomic E-state index is 0.0891. The zero-order valence-electron chi connectivity index (χ0n) is 6.31. The monoisotopic (exact) mass is 156 g/mol. The van der Waals surface area contributed by atoms with E-state index in [1.54, 1.807) is 29.1 Å². The van der Waals surface area contributed by atoms with E-state index in [1.165, 1.54) is 6.20 Å². The summed E-state index contributed by atoms with van der Waals surface area (Å²) < 4.78 is 1.65. The smallest absolute Gasteiger partial charge is 0.191 e. The van der Waals surface area contributed by atoms with Gasteiger partial charge in [-0.2, -0.15) is 15.1 Å². The first-order valence-electron chi connectivity index (χ1n) is 3.34. The number of pyridine rings is 1. The maximum atomic E-state index is 8.43.